The number of carbonyl (C=O) groups excluding carboxylic acids is 2. The van der Waals surface area contributed by atoms with Crippen molar-refractivity contribution in [2.45, 2.75) is 18.9 Å². The summed E-state index contributed by atoms with van der Waals surface area (Å²) in [5.74, 6) is -2.73. The van der Waals surface area contributed by atoms with Crippen molar-refractivity contribution >= 4 is 41.0 Å². The summed E-state index contributed by atoms with van der Waals surface area (Å²) in [4.78, 5) is 46.9. The summed E-state index contributed by atoms with van der Waals surface area (Å²) in [6.45, 7) is -0.485. The zero-order valence-electron chi connectivity index (χ0n) is 15.5. The van der Waals surface area contributed by atoms with Crippen molar-refractivity contribution in [1.29, 1.82) is 0 Å². The summed E-state index contributed by atoms with van der Waals surface area (Å²) >= 11 is 1.46. The van der Waals surface area contributed by atoms with E-state index < -0.39 is 36.9 Å². The maximum atomic E-state index is 12.4. The molecule has 0 radical (unpaired) electrons. The Labute approximate surface area is 174 Å². The van der Waals surface area contributed by atoms with Gasteiger partial charge in [-0.2, -0.15) is 0 Å². The number of ether oxygens (including phenoxy) is 2. The van der Waals surface area contributed by atoms with Crippen molar-refractivity contribution in [3.05, 3.63) is 51.9 Å². The number of amides is 1. The van der Waals surface area contributed by atoms with Gasteiger partial charge in [0.2, 0.25) is 5.78 Å². The molecule has 10 heteroatoms. The molecule has 0 fully saturated rings. The lowest BCUT2D eigenvalue weighted by atomic mass is 10.1. The van der Waals surface area contributed by atoms with Gasteiger partial charge in [-0.1, -0.05) is 6.07 Å². The van der Waals surface area contributed by atoms with Crippen molar-refractivity contribution in [2.75, 3.05) is 6.61 Å². The molecule has 3 rings (SSSR count). The molecular weight excluding hydrogens is 414 g/mol. The van der Waals surface area contributed by atoms with Crippen LogP contribution >= 0.6 is 11.3 Å². The van der Waals surface area contributed by atoms with Gasteiger partial charge >= 0.3 is 11.9 Å². The molecule has 3 N–H and O–H groups in total. The number of carboxylic acid groups (broad SMARTS) is 2. The lowest BCUT2D eigenvalue weighted by molar-refractivity contribution is -0.143. The van der Waals surface area contributed by atoms with Crippen LogP contribution in [0.3, 0.4) is 0 Å². The summed E-state index contributed by atoms with van der Waals surface area (Å²) < 4.78 is 10.9. The van der Waals surface area contributed by atoms with Crippen molar-refractivity contribution in [1.82, 2.24) is 5.32 Å². The van der Waals surface area contributed by atoms with E-state index >= 15 is 0 Å². The minimum atomic E-state index is -1.33. The first-order valence-electron chi connectivity index (χ1n) is 8.82. The Kier molecular flexibility index (Phi) is 6.48. The minimum absolute atomic E-state index is 0.185. The first-order chi connectivity index (χ1) is 14.3. The first-order valence-corrected chi connectivity index (χ1v) is 9.70. The summed E-state index contributed by atoms with van der Waals surface area (Å²) in [5.41, 5.74) is 0.370. The number of allylic oxidation sites excluding steroid dienone is 1. The van der Waals surface area contributed by atoms with Crippen LogP contribution in [0.4, 0.5) is 0 Å². The van der Waals surface area contributed by atoms with Gasteiger partial charge in [0, 0.05) is 23.4 Å². The lowest BCUT2D eigenvalue weighted by Crippen LogP contribution is -2.43. The van der Waals surface area contributed by atoms with E-state index in [1.165, 1.54) is 29.5 Å². The SMILES string of the molecule is O=C(O)CCC(NC(=O)COc1ccc2c(c1)OC(=Cc1cccs1)C2=O)C(=O)O. The van der Waals surface area contributed by atoms with Gasteiger partial charge in [0.15, 0.2) is 12.4 Å². The monoisotopic (exact) mass is 431 g/mol. The standard InChI is InChI=1S/C20H17NO8S/c22-17(21-14(20(26)27)5-6-18(23)24)10-28-11-3-4-13-15(8-11)29-16(19(13)25)9-12-2-1-7-30-12/h1-4,7-9,14H,5-6,10H2,(H,21,22)(H,23,24)(H,26,27). The number of Topliss-reactive ketones (excluding diaryl/α,β-unsaturated/α-hetero) is 1. The normalized spacial score (nSPS) is 14.7. The Balaban J connectivity index is 1.59. The number of nitrogens with one attached hydrogen (secondary N) is 1. The molecule has 30 heavy (non-hydrogen) atoms. The number of carboxylic acids is 2. The molecule has 2 aromatic rings. The highest BCUT2D eigenvalue weighted by Crippen LogP contribution is 2.35. The molecule has 1 amide bonds. The van der Waals surface area contributed by atoms with Gasteiger partial charge in [-0.05, 0) is 30.0 Å². The fourth-order valence-corrected chi connectivity index (χ4v) is 3.32. The molecule has 0 aliphatic carbocycles. The number of carbonyl (C=O) groups is 4. The van der Waals surface area contributed by atoms with Gasteiger partial charge in [0.25, 0.3) is 5.91 Å². The summed E-state index contributed by atoms with van der Waals surface area (Å²) in [6, 6.07) is 6.87. The molecule has 9 nitrogen and oxygen atoms in total. The van der Waals surface area contributed by atoms with Crippen molar-refractivity contribution in [3.8, 4) is 11.5 Å². The topological polar surface area (TPSA) is 139 Å². The highest BCUT2D eigenvalue weighted by Gasteiger charge is 2.28. The summed E-state index contributed by atoms with van der Waals surface area (Å²) in [5, 5.41) is 21.8. The van der Waals surface area contributed by atoms with Gasteiger partial charge in [0.1, 0.15) is 17.5 Å². The van der Waals surface area contributed by atoms with Gasteiger partial charge in [-0.25, -0.2) is 4.79 Å². The number of fused-ring (bicyclic) bond motifs is 1. The molecule has 2 heterocycles. The number of ketones is 1. The number of hydrogen-bond acceptors (Lipinski definition) is 7. The number of benzene rings is 1. The van der Waals surface area contributed by atoms with Crippen LogP contribution in [0.2, 0.25) is 0 Å². The van der Waals surface area contributed by atoms with E-state index in [0.717, 1.165) is 4.88 Å². The van der Waals surface area contributed by atoms with Crippen LogP contribution < -0.4 is 14.8 Å². The number of thiophene rings is 1. The molecular formula is C20H17NO8S. The van der Waals surface area contributed by atoms with Crippen LogP contribution in [0.1, 0.15) is 28.1 Å². The molecule has 0 spiro atoms. The molecule has 156 valence electrons. The zero-order valence-corrected chi connectivity index (χ0v) is 16.3. The largest absolute Gasteiger partial charge is 0.484 e. The third kappa shape index (κ3) is 5.23. The highest BCUT2D eigenvalue weighted by atomic mass is 32.1. The van der Waals surface area contributed by atoms with Crippen LogP contribution in [-0.4, -0.2) is 46.5 Å². The molecule has 0 saturated heterocycles. The van der Waals surface area contributed by atoms with Gasteiger partial charge in [-0.15, -0.1) is 11.3 Å². The second-order valence-corrected chi connectivity index (χ2v) is 7.27. The smallest absolute Gasteiger partial charge is 0.326 e. The molecule has 1 aliphatic heterocycles. The summed E-state index contributed by atoms with van der Waals surface area (Å²) in [7, 11) is 0. The fraction of sp³-hybridized carbons (Fsp3) is 0.200. The van der Waals surface area contributed by atoms with Crippen LogP contribution in [0.25, 0.3) is 6.08 Å². The second-order valence-electron chi connectivity index (χ2n) is 6.29. The average molecular weight is 431 g/mol. The van der Waals surface area contributed by atoms with Crippen LogP contribution in [-0.2, 0) is 14.4 Å². The van der Waals surface area contributed by atoms with E-state index in [1.807, 2.05) is 17.5 Å². The van der Waals surface area contributed by atoms with Crippen LogP contribution in [0.15, 0.2) is 41.5 Å². The number of hydrogen-bond donors (Lipinski definition) is 3. The molecule has 1 aromatic heterocycles. The number of rotatable bonds is 9. The number of aliphatic carboxylic acids is 2. The van der Waals surface area contributed by atoms with E-state index in [4.69, 9.17) is 19.7 Å². The lowest BCUT2D eigenvalue weighted by Gasteiger charge is -2.14. The molecule has 1 unspecified atom stereocenters. The molecule has 1 aliphatic rings. The predicted molar refractivity (Wildman–Crippen MR) is 106 cm³/mol. The maximum absolute atomic E-state index is 12.4. The first kappa shape index (κ1) is 21.1. The van der Waals surface area contributed by atoms with Crippen molar-refractivity contribution in [3.63, 3.8) is 0 Å². The molecule has 1 atom stereocenters. The van der Waals surface area contributed by atoms with E-state index in [9.17, 15) is 19.2 Å². The zero-order chi connectivity index (χ0) is 21.7. The quantitative estimate of drug-likeness (QED) is 0.514. The highest BCUT2D eigenvalue weighted by molar-refractivity contribution is 7.10. The third-order valence-corrected chi connectivity index (χ3v) is 4.93. The van der Waals surface area contributed by atoms with E-state index in [2.05, 4.69) is 5.32 Å². The van der Waals surface area contributed by atoms with Crippen LogP contribution in [0, 0.1) is 0 Å². The summed E-state index contributed by atoms with van der Waals surface area (Å²) in [6.07, 6.45) is 1.00. The average Bonchev–Trinajstić information content (AvgIpc) is 3.31. The van der Waals surface area contributed by atoms with E-state index in [1.54, 1.807) is 6.08 Å². The Morgan fingerprint density at radius 1 is 1.23 bits per heavy atom. The van der Waals surface area contributed by atoms with Crippen LogP contribution in [0.5, 0.6) is 11.5 Å². The molecule has 0 saturated carbocycles. The van der Waals surface area contributed by atoms with Crippen molar-refractivity contribution < 1.29 is 38.9 Å². The van der Waals surface area contributed by atoms with Gasteiger partial charge in [0.05, 0.1) is 5.56 Å². The fourth-order valence-electron chi connectivity index (χ4n) is 2.67. The van der Waals surface area contributed by atoms with E-state index in [-0.39, 0.29) is 23.7 Å². The molecule has 1 aromatic carbocycles. The van der Waals surface area contributed by atoms with Gasteiger partial charge < -0.3 is 25.0 Å². The predicted octanol–water partition coefficient (Wildman–Crippen LogP) is 2.18. The Morgan fingerprint density at radius 3 is 2.70 bits per heavy atom. The van der Waals surface area contributed by atoms with Crippen molar-refractivity contribution in [2.24, 2.45) is 0 Å². The Hall–Kier alpha value is -3.66. The van der Waals surface area contributed by atoms with Gasteiger partial charge in [-0.3, -0.25) is 14.4 Å². The molecule has 0 bridgehead atoms. The maximum Gasteiger partial charge on any atom is 0.326 e. The third-order valence-electron chi connectivity index (χ3n) is 4.11. The minimum Gasteiger partial charge on any atom is -0.484 e. The Bertz CT molecular complexity index is 1010. The van der Waals surface area contributed by atoms with E-state index in [0.29, 0.717) is 11.3 Å². The Morgan fingerprint density at radius 2 is 2.03 bits per heavy atom. The second kappa shape index (κ2) is 9.23.